The molecular weight excluding hydrogens is 384 g/mol. The molecule has 0 fully saturated rings. The molecule has 0 radical (unpaired) electrons. The van der Waals surface area contributed by atoms with Gasteiger partial charge in [-0.05, 0) is 24.3 Å². The lowest BCUT2D eigenvalue weighted by molar-refractivity contribution is 0.0697. The van der Waals surface area contributed by atoms with Gasteiger partial charge in [0.05, 0.1) is 31.2 Å². The number of anilines is 2. The Hall–Kier alpha value is -3.55. The zero-order chi connectivity index (χ0) is 22.1. The van der Waals surface area contributed by atoms with Crippen molar-refractivity contribution in [3.05, 3.63) is 47.8 Å². The first-order valence-corrected chi connectivity index (χ1v) is 9.42. The molecule has 0 unspecified atom stereocenters. The van der Waals surface area contributed by atoms with Crippen LogP contribution in [0.5, 0.6) is 11.6 Å². The first kappa shape index (κ1) is 21.2. The molecule has 0 saturated carbocycles. The number of aromatic nitrogens is 3. The van der Waals surface area contributed by atoms with Gasteiger partial charge in [-0.15, -0.1) is 0 Å². The first-order valence-electron chi connectivity index (χ1n) is 9.42. The Labute approximate surface area is 175 Å². The van der Waals surface area contributed by atoms with Crippen molar-refractivity contribution in [3.63, 3.8) is 0 Å². The normalized spacial score (nSPS) is 11.3. The Morgan fingerprint density at radius 3 is 2.40 bits per heavy atom. The van der Waals surface area contributed by atoms with E-state index in [0.717, 1.165) is 16.8 Å². The van der Waals surface area contributed by atoms with Crippen LogP contribution in [-0.4, -0.2) is 40.1 Å². The lowest BCUT2D eigenvalue weighted by atomic mass is 9.87. The molecule has 0 aliphatic rings. The highest BCUT2D eigenvalue weighted by atomic mass is 16.5. The molecule has 2 heterocycles. The quantitative estimate of drug-likeness (QED) is 0.627. The van der Waals surface area contributed by atoms with Crippen molar-refractivity contribution in [1.29, 1.82) is 0 Å². The van der Waals surface area contributed by atoms with Crippen LogP contribution < -0.4 is 14.8 Å². The highest BCUT2D eigenvalue weighted by molar-refractivity contribution is 5.96. The number of nitrogens with zero attached hydrogens (tertiary/aromatic N) is 3. The molecule has 0 amide bonds. The van der Waals surface area contributed by atoms with E-state index < -0.39 is 5.97 Å². The second kappa shape index (κ2) is 8.06. The van der Waals surface area contributed by atoms with Crippen LogP contribution in [0, 0.1) is 0 Å². The van der Waals surface area contributed by atoms with E-state index in [1.54, 1.807) is 36.2 Å². The summed E-state index contributed by atoms with van der Waals surface area (Å²) in [6, 6.07) is 8.58. The van der Waals surface area contributed by atoms with E-state index in [2.05, 4.69) is 31.1 Å². The standard InChI is InChI=1S/C22H26N4O4/c1-22(2,3)19-18(13-7-10-17(30-6)23-12-13)20(26(4)25-19)24-16-9-8-14(29-5)11-15(16)21(27)28/h7-12,24H,1-6H3,(H,27,28). The molecule has 3 rings (SSSR count). The van der Waals surface area contributed by atoms with Crippen LogP contribution >= 0.6 is 0 Å². The number of rotatable bonds is 6. The van der Waals surface area contributed by atoms with Gasteiger partial charge in [0.1, 0.15) is 11.6 Å². The van der Waals surface area contributed by atoms with Crippen molar-refractivity contribution >= 4 is 17.5 Å². The number of carboxylic acid groups (broad SMARTS) is 1. The minimum Gasteiger partial charge on any atom is -0.497 e. The summed E-state index contributed by atoms with van der Waals surface area (Å²) in [5.74, 6) is 0.595. The number of aromatic carboxylic acids is 1. The van der Waals surface area contributed by atoms with E-state index >= 15 is 0 Å². The highest BCUT2D eigenvalue weighted by Crippen LogP contribution is 2.39. The van der Waals surface area contributed by atoms with Crippen LogP contribution in [0.1, 0.15) is 36.8 Å². The fraction of sp³-hybridized carbons (Fsp3) is 0.318. The fourth-order valence-corrected chi connectivity index (χ4v) is 3.18. The second-order valence-electron chi connectivity index (χ2n) is 7.88. The molecule has 0 atom stereocenters. The van der Waals surface area contributed by atoms with Crippen molar-refractivity contribution < 1.29 is 19.4 Å². The van der Waals surface area contributed by atoms with Crippen molar-refractivity contribution in [2.24, 2.45) is 7.05 Å². The number of carbonyl (C=O) groups is 1. The largest absolute Gasteiger partial charge is 0.497 e. The van der Waals surface area contributed by atoms with E-state index in [0.29, 0.717) is 23.1 Å². The van der Waals surface area contributed by atoms with Crippen molar-refractivity contribution in [1.82, 2.24) is 14.8 Å². The maximum Gasteiger partial charge on any atom is 0.337 e. The van der Waals surface area contributed by atoms with Gasteiger partial charge in [0.15, 0.2) is 0 Å². The van der Waals surface area contributed by atoms with Crippen molar-refractivity contribution in [2.45, 2.75) is 26.2 Å². The summed E-state index contributed by atoms with van der Waals surface area (Å²) in [7, 11) is 4.89. The van der Waals surface area contributed by atoms with Crippen LogP contribution in [0.2, 0.25) is 0 Å². The van der Waals surface area contributed by atoms with Gasteiger partial charge in [-0.25, -0.2) is 9.78 Å². The monoisotopic (exact) mass is 410 g/mol. The fourth-order valence-electron chi connectivity index (χ4n) is 3.18. The topological polar surface area (TPSA) is 98.5 Å². The minimum absolute atomic E-state index is 0.103. The number of benzene rings is 1. The number of hydrogen-bond acceptors (Lipinski definition) is 6. The van der Waals surface area contributed by atoms with Gasteiger partial charge in [0.2, 0.25) is 5.88 Å². The number of ether oxygens (including phenoxy) is 2. The minimum atomic E-state index is -1.05. The lowest BCUT2D eigenvalue weighted by Crippen LogP contribution is -2.13. The molecule has 0 spiro atoms. The number of pyridine rings is 1. The van der Waals surface area contributed by atoms with Crippen LogP contribution in [0.3, 0.4) is 0 Å². The summed E-state index contributed by atoms with van der Waals surface area (Å²) in [5, 5.41) is 17.7. The van der Waals surface area contributed by atoms with E-state index in [-0.39, 0.29) is 11.0 Å². The summed E-state index contributed by atoms with van der Waals surface area (Å²) in [6.07, 6.45) is 1.72. The zero-order valence-corrected chi connectivity index (χ0v) is 18.0. The first-order chi connectivity index (χ1) is 14.2. The third kappa shape index (κ3) is 4.07. The SMILES string of the molecule is COc1ccc(Nc2c(-c3ccc(OC)nc3)c(C(C)(C)C)nn2C)c(C(=O)O)c1. The van der Waals surface area contributed by atoms with Crippen molar-refractivity contribution in [2.75, 3.05) is 19.5 Å². The number of nitrogens with one attached hydrogen (secondary N) is 1. The number of carboxylic acids is 1. The molecule has 0 bridgehead atoms. The number of methoxy groups -OCH3 is 2. The van der Waals surface area contributed by atoms with Gasteiger partial charge >= 0.3 is 5.97 Å². The Morgan fingerprint density at radius 2 is 1.87 bits per heavy atom. The van der Waals surface area contributed by atoms with E-state index in [9.17, 15) is 9.90 Å². The molecule has 0 saturated heterocycles. The summed E-state index contributed by atoms with van der Waals surface area (Å²) in [6.45, 7) is 6.24. The predicted molar refractivity (Wildman–Crippen MR) is 115 cm³/mol. The van der Waals surface area contributed by atoms with Crippen LogP contribution in [0.25, 0.3) is 11.1 Å². The van der Waals surface area contributed by atoms with Gasteiger partial charge in [0, 0.05) is 35.9 Å². The predicted octanol–water partition coefficient (Wildman–Crippen LogP) is 4.24. The average molecular weight is 410 g/mol. The summed E-state index contributed by atoms with van der Waals surface area (Å²) in [5.41, 5.74) is 2.86. The van der Waals surface area contributed by atoms with Crippen LogP contribution in [0.15, 0.2) is 36.5 Å². The molecular formula is C22H26N4O4. The molecule has 0 aliphatic heterocycles. The van der Waals surface area contributed by atoms with Gasteiger partial charge in [-0.1, -0.05) is 20.8 Å². The Balaban J connectivity index is 2.18. The lowest BCUT2D eigenvalue weighted by Gasteiger charge is -2.18. The molecule has 1 aromatic carbocycles. The summed E-state index contributed by atoms with van der Waals surface area (Å²) < 4.78 is 12.1. The molecule has 2 aromatic heterocycles. The maximum absolute atomic E-state index is 11.8. The molecule has 2 N–H and O–H groups in total. The van der Waals surface area contributed by atoms with Crippen LogP contribution in [0.4, 0.5) is 11.5 Å². The second-order valence-corrected chi connectivity index (χ2v) is 7.88. The van der Waals surface area contributed by atoms with E-state index in [1.165, 1.54) is 13.2 Å². The third-order valence-electron chi connectivity index (χ3n) is 4.70. The Bertz CT molecular complexity index is 1070. The van der Waals surface area contributed by atoms with Gasteiger partial charge in [0.25, 0.3) is 0 Å². The molecule has 0 aliphatic carbocycles. The average Bonchev–Trinajstić information content (AvgIpc) is 3.05. The number of aryl methyl sites for hydroxylation is 1. The molecule has 3 aromatic rings. The zero-order valence-electron chi connectivity index (χ0n) is 18.0. The van der Waals surface area contributed by atoms with Crippen LogP contribution in [-0.2, 0) is 12.5 Å². The van der Waals surface area contributed by atoms with Gasteiger partial charge in [-0.2, -0.15) is 5.10 Å². The van der Waals surface area contributed by atoms with Gasteiger partial charge in [-0.3, -0.25) is 4.68 Å². The van der Waals surface area contributed by atoms with Gasteiger partial charge < -0.3 is 19.9 Å². The molecule has 158 valence electrons. The Kier molecular flexibility index (Phi) is 5.69. The highest BCUT2D eigenvalue weighted by Gasteiger charge is 2.28. The smallest absolute Gasteiger partial charge is 0.337 e. The molecule has 8 nitrogen and oxygen atoms in total. The number of hydrogen-bond donors (Lipinski definition) is 2. The molecule has 8 heteroatoms. The summed E-state index contributed by atoms with van der Waals surface area (Å²) >= 11 is 0. The molecule has 30 heavy (non-hydrogen) atoms. The van der Waals surface area contributed by atoms with Crippen molar-refractivity contribution in [3.8, 4) is 22.8 Å². The summed E-state index contributed by atoms with van der Waals surface area (Å²) in [4.78, 5) is 16.1. The Morgan fingerprint density at radius 1 is 1.13 bits per heavy atom. The van der Waals surface area contributed by atoms with E-state index in [1.807, 2.05) is 13.1 Å². The third-order valence-corrected chi connectivity index (χ3v) is 4.70. The maximum atomic E-state index is 11.8. The van der Waals surface area contributed by atoms with E-state index in [4.69, 9.17) is 14.6 Å².